The highest BCUT2D eigenvalue weighted by Crippen LogP contribution is 2.30. The summed E-state index contributed by atoms with van der Waals surface area (Å²) in [5, 5.41) is 0.704. The molecule has 4 nitrogen and oxygen atoms in total. The number of aromatic nitrogens is 2. The van der Waals surface area contributed by atoms with Crippen LogP contribution in [0.25, 0.3) is 11.3 Å². The molecule has 0 saturated carbocycles. The number of rotatable bonds is 4. The molecule has 0 atom stereocenters. The van der Waals surface area contributed by atoms with Crippen LogP contribution in [0.1, 0.15) is 30.1 Å². The van der Waals surface area contributed by atoms with E-state index in [4.69, 9.17) is 11.6 Å². The molecule has 27 heavy (non-hydrogen) atoms. The maximum atomic E-state index is 12.6. The van der Waals surface area contributed by atoms with Crippen LogP contribution in [0.5, 0.6) is 0 Å². The standard InChI is InChI=1S/C22H24ClN3O/c1-16-21(18-7-9-19(23)10-8-18)26(22(27)24-16)20-11-13-25(14-12-20)15-17-5-3-2-4-6-17/h2-10,20H,11-15H2,1H3,(H,24,27). The van der Waals surface area contributed by atoms with Crippen LogP contribution in [0.15, 0.2) is 59.4 Å². The molecule has 0 spiro atoms. The second kappa shape index (κ2) is 7.75. The summed E-state index contributed by atoms with van der Waals surface area (Å²) in [6.45, 7) is 4.93. The zero-order valence-corrected chi connectivity index (χ0v) is 16.2. The van der Waals surface area contributed by atoms with Crippen molar-refractivity contribution in [1.29, 1.82) is 0 Å². The third kappa shape index (κ3) is 3.87. The average Bonchev–Trinajstić information content (AvgIpc) is 2.98. The Bertz CT molecular complexity index is 951. The lowest BCUT2D eigenvalue weighted by atomic mass is 10.0. The summed E-state index contributed by atoms with van der Waals surface area (Å²) in [5.74, 6) is 0. The zero-order chi connectivity index (χ0) is 18.8. The summed E-state index contributed by atoms with van der Waals surface area (Å²) < 4.78 is 1.96. The maximum Gasteiger partial charge on any atom is 0.326 e. The molecule has 1 N–H and O–H groups in total. The van der Waals surface area contributed by atoms with Gasteiger partial charge in [0.05, 0.1) is 5.69 Å². The molecule has 1 saturated heterocycles. The van der Waals surface area contributed by atoms with Crippen molar-refractivity contribution in [2.24, 2.45) is 0 Å². The van der Waals surface area contributed by atoms with E-state index in [-0.39, 0.29) is 11.7 Å². The molecular weight excluding hydrogens is 358 g/mol. The van der Waals surface area contributed by atoms with Gasteiger partial charge < -0.3 is 4.98 Å². The first-order valence-electron chi connectivity index (χ1n) is 9.45. The van der Waals surface area contributed by atoms with E-state index >= 15 is 0 Å². The molecule has 4 rings (SSSR count). The minimum Gasteiger partial charge on any atom is -0.309 e. The highest BCUT2D eigenvalue weighted by Gasteiger charge is 2.25. The van der Waals surface area contributed by atoms with Gasteiger partial charge in [0.15, 0.2) is 0 Å². The molecule has 5 heteroatoms. The number of aryl methyl sites for hydroxylation is 1. The van der Waals surface area contributed by atoms with Gasteiger partial charge in [-0.3, -0.25) is 9.47 Å². The zero-order valence-electron chi connectivity index (χ0n) is 15.5. The number of hydrogen-bond donors (Lipinski definition) is 1. The second-order valence-corrected chi connectivity index (χ2v) is 7.71. The van der Waals surface area contributed by atoms with Crippen molar-refractivity contribution in [2.75, 3.05) is 13.1 Å². The summed E-state index contributed by atoms with van der Waals surface area (Å²) >= 11 is 6.03. The molecule has 1 fully saturated rings. The number of likely N-dealkylation sites (tertiary alicyclic amines) is 1. The van der Waals surface area contributed by atoms with Crippen molar-refractivity contribution in [2.45, 2.75) is 32.4 Å². The Hall–Kier alpha value is -2.30. The van der Waals surface area contributed by atoms with Crippen LogP contribution in [-0.4, -0.2) is 27.5 Å². The van der Waals surface area contributed by atoms with Crippen molar-refractivity contribution in [3.8, 4) is 11.3 Å². The number of nitrogens with zero attached hydrogens (tertiary/aromatic N) is 2. The van der Waals surface area contributed by atoms with Gasteiger partial charge in [-0.1, -0.05) is 54.1 Å². The van der Waals surface area contributed by atoms with Gasteiger partial charge in [0.1, 0.15) is 0 Å². The Balaban J connectivity index is 1.53. The lowest BCUT2D eigenvalue weighted by Crippen LogP contribution is -2.36. The van der Waals surface area contributed by atoms with Crippen LogP contribution >= 0.6 is 11.6 Å². The fourth-order valence-corrected chi connectivity index (χ4v) is 4.18. The Labute approximate surface area is 164 Å². The van der Waals surface area contributed by atoms with E-state index in [1.54, 1.807) is 0 Å². The number of benzene rings is 2. The minimum atomic E-state index is -0.0149. The molecule has 0 aliphatic carbocycles. The van der Waals surface area contributed by atoms with E-state index in [0.717, 1.165) is 49.4 Å². The largest absolute Gasteiger partial charge is 0.326 e. The van der Waals surface area contributed by atoms with Crippen LogP contribution in [0, 0.1) is 6.92 Å². The molecular formula is C22H24ClN3O. The van der Waals surface area contributed by atoms with E-state index in [0.29, 0.717) is 5.02 Å². The van der Waals surface area contributed by atoms with Crippen LogP contribution in [0.4, 0.5) is 0 Å². The Morgan fingerprint density at radius 1 is 1.04 bits per heavy atom. The van der Waals surface area contributed by atoms with Crippen molar-refractivity contribution >= 4 is 11.6 Å². The maximum absolute atomic E-state index is 12.6. The molecule has 140 valence electrons. The number of H-pyrrole nitrogens is 1. The summed E-state index contributed by atoms with van der Waals surface area (Å²) in [7, 11) is 0. The van der Waals surface area contributed by atoms with Crippen molar-refractivity contribution in [1.82, 2.24) is 14.5 Å². The molecule has 0 unspecified atom stereocenters. The Kier molecular flexibility index (Phi) is 5.19. The van der Waals surface area contributed by atoms with Crippen LogP contribution in [-0.2, 0) is 6.54 Å². The Morgan fingerprint density at radius 3 is 2.37 bits per heavy atom. The van der Waals surface area contributed by atoms with Crippen molar-refractivity contribution in [3.05, 3.63) is 81.4 Å². The molecule has 3 aromatic rings. The lowest BCUT2D eigenvalue weighted by molar-refractivity contribution is 0.179. The molecule has 2 aromatic carbocycles. The first-order valence-corrected chi connectivity index (χ1v) is 9.83. The van der Waals surface area contributed by atoms with Crippen LogP contribution < -0.4 is 5.69 Å². The highest BCUT2D eigenvalue weighted by atomic mass is 35.5. The van der Waals surface area contributed by atoms with Gasteiger partial charge in [-0.25, -0.2) is 4.79 Å². The molecule has 0 radical (unpaired) electrons. The topological polar surface area (TPSA) is 41.0 Å². The quantitative estimate of drug-likeness (QED) is 0.715. The van der Waals surface area contributed by atoms with Gasteiger partial charge in [0, 0.05) is 42.0 Å². The number of nitrogens with one attached hydrogen (secondary N) is 1. The molecule has 1 aliphatic rings. The van der Waals surface area contributed by atoms with Gasteiger partial charge in [0.2, 0.25) is 0 Å². The second-order valence-electron chi connectivity index (χ2n) is 7.27. The smallest absolute Gasteiger partial charge is 0.309 e. The predicted molar refractivity (Wildman–Crippen MR) is 110 cm³/mol. The van der Waals surface area contributed by atoms with Gasteiger partial charge in [-0.2, -0.15) is 0 Å². The van der Waals surface area contributed by atoms with E-state index in [1.165, 1.54) is 5.56 Å². The van der Waals surface area contributed by atoms with Gasteiger partial charge >= 0.3 is 5.69 Å². The van der Waals surface area contributed by atoms with Gasteiger partial charge in [-0.15, -0.1) is 0 Å². The third-order valence-electron chi connectivity index (χ3n) is 5.40. The van der Waals surface area contributed by atoms with Crippen molar-refractivity contribution in [3.63, 3.8) is 0 Å². The normalized spacial score (nSPS) is 15.9. The first-order chi connectivity index (χ1) is 13.1. The number of halogens is 1. The molecule has 1 aromatic heterocycles. The monoisotopic (exact) mass is 381 g/mol. The van der Waals surface area contributed by atoms with Crippen LogP contribution in [0.2, 0.25) is 5.02 Å². The fraction of sp³-hybridized carbons (Fsp3) is 0.318. The number of hydrogen-bond acceptors (Lipinski definition) is 2. The summed E-state index contributed by atoms with van der Waals surface area (Å²) in [5.41, 5.74) is 4.25. The fourth-order valence-electron chi connectivity index (χ4n) is 4.05. The number of imidazole rings is 1. The van der Waals surface area contributed by atoms with E-state index in [9.17, 15) is 4.79 Å². The van der Waals surface area contributed by atoms with Crippen LogP contribution in [0.3, 0.4) is 0 Å². The number of aromatic amines is 1. The van der Waals surface area contributed by atoms with E-state index in [2.05, 4.69) is 40.2 Å². The first kappa shape index (κ1) is 18.1. The molecule has 0 amide bonds. The predicted octanol–water partition coefficient (Wildman–Crippen LogP) is 4.64. The average molecular weight is 382 g/mol. The van der Waals surface area contributed by atoms with Gasteiger partial charge in [-0.05, 0) is 37.5 Å². The van der Waals surface area contributed by atoms with E-state index < -0.39 is 0 Å². The molecule has 1 aliphatic heterocycles. The summed E-state index contributed by atoms with van der Waals surface area (Å²) in [6, 6.07) is 18.5. The minimum absolute atomic E-state index is 0.0149. The SMILES string of the molecule is Cc1[nH]c(=O)n(C2CCN(Cc3ccccc3)CC2)c1-c1ccc(Cl)cc1. The van der Waals surface area contributed by atoms with Crippen molar-refractivity contribution < 1.29 is 0 Å². The Morgan fingerprint density at radius 2 is 1.70 bits per heavy atom. The molecule has 2 heterocycles. The lowest BCUT2D eigenvalue weighted by Gasteiger charge is -2.33. The third-order valence-corrected chi connectivity index (χ3v) is 5.65. The van der Waals surface area contributed by atoms with E-state index in [1.807, 2.05) is 35.8 Å². The summed E-state index contributed by atoms with van der Waals surface area (Å²) in [6.07, 6.45) is 1.95. The number of piperidine rings is 1. The molecule has 0 bridgehead atoms. The highest BCUT2D eigenvalue weighted by molar-refractivity contribution is 6.30. The summed E-state index contributed by atoms with van der Waals surface area (Å²) in [4.78, 5) is 18.1. The van der Waals surface area contributed by atoms with Gasteiger partial charge in [0.25, 0.3) is 0 Å².